The Kier molecular flexibility index (Phi) is 4.39. The molecule has 3 rings (SSSR count). The summed E-state index contributed by atoms with van der Waals surface area (Å²) in [4.78, 5) is 20.5. The van der Waals surface area contributed by atoms with Crippen molar-refractivity contribution in [1.82, 2.24) is 9.88 Å². The standard InChI is InChI=1S/C16H24N2OS/c1-12-5-4-10-18(11-12)16(19)9-8-15-17-13-6-2-3-7-14(13)20-15/h12H,2-11H2,1H3. The number of hydrogen-bond acceptors (Lipinski definition) is 3. The van der Waals surface area contributed by atoms with E-state index in [1.165, 1.54) is 47.7 Å². The fourth-order valence-corrected chi connectivity index (χ4v) is 4.46. The van der Waals surface area contributed by atoms with E-state index in [-0.39, 0.29) is 0 Å². The summed E-state index contributed by atoms with van der Waals surface area (Å²) in [6.45, 7) is 4.15. The number of thiazole rings is 1. The first-order valence-electron chi connectivity index (χ1n) is 7.97. The molecule has 1 aromatic rings. The van der Waals surface area contributed by atoms with Gasteiger partial charge >= 0.3 is 0 Å². The molecule has 0 saturated carbocycles. The highest BCUT2D eigenvalue weighted by Crippen LogP contribution is 2.27. The van der Waals surface area contributed by atoms with Crippen molar-refractivity contribution in [2.24, 2.45) is 5.92 Å². The lowest BCUT2D eigenvalue weighted by Crippen LogP contribution is -2.39. The van der Waals surface area contributed by atoms with E-state index in [2.05, 4.69) is 11.8 Å². The summed E-state index contributed by atoms with van der Waals surface area (Å²) in [5.41, 5.74) is 1.32. The highest BCUT2D eigenvalue weighted by Gasteiger charge is 2.21. The number of rotatable bonds is 3. The highest BCUT2D eigenvalue weighted by molar-refractivity contribution is 7.11. The molecule has 2 heterocycles. The zero-order chi connectivity index (χ0) is 13.9. The topological polar surface area (TPSA) is 33.2 Å². The fourth-order valence-electron chi connectivity index (χ4n) is 3.30. The van der Waals surface area contributed by atoms with Crippen molar-refractivity contribution in [3.05, 3.63) is 15.6 Å². The first-order valence-corrected chi connectivity index (χ1v) is 8.79. The number of nitrogens with zero attached hydrogens (tertiary/aromatic N) is 2. The van der Waals surface area contributed by atoms with Crippen molar-refractivity contribution in [1.29, 1.82) is 0 Å². The third-order valence-corrected chi connectivity index (χ3v) is 5.67. The summed E-state index contributed by atoms with van der Waals surface area (Å²) in [6, 6.07) is 0. The van der Waals surface area contributed by atoms with E-state index in [4.69, 9.17) is 4.98 Å². The second-order valence-corrected chi connectivity index (χ2v) is 7.44. The van der Waals surface area contributed by atoms with E-state index in [9.17, 15) is 4.79 Å². The van der Waals surface area contributed by atoms with E-state index in [1.807, 2.05) is 11.3 Å². The van der Waals surface area contributed by atoms with Crippen LogP contribution in [-0.4, -0.2) is 28.9 Å². The number of aryl methyl sites for hydroxylation is 3. The van der Waals surface area contributed by atoms with Crippen LogP contribution < -0.4 is 0 Å². The Labute approximate surface area is 125 Å². The van der Waals surface area contributed by atoms with Crippen molar-refractivity contribution in [2.75, 3.05) is 13.1 Å². The third kappa shape index (κ3) is 3.22. The van der Waals surface area contributed by atoms with Gasteiger partial charge in [0, 0.05) is 30.8 Å². The first-order chi connectivity index (χ1) is 9.72. The van der Waals surface area contributed by atoms with Crippen LogP contribution in [0.25, 0.3) is 0 Å². The van der Waals surface area contributed by atoms with Gasteiger partial charge in [0.05, 0.1) is 10.7 Å². The molecule has 4 heteroatoms. The van der Waals surface area contributed by atoms with Crippen LogP contribution in [0.15, 0.2) is 0 Å². The molecule has 0 aromatic carbocycles. The highest BCUT2D eigenvalue weighted by atomic mass is 32.1. The molecule has 1 aromatic heterocycles. The lowest BCUT2D eigenvalue weighted by Gasteiger charge is -2.30. The molecule has 20 heavy (non-hydrogen) atoms. The summed E-state index contributed by atoms with van der Waals surface area (Å²) in [5, 5.41) is 1.18. The zero-order valence-electron chi connectivity index (χ0n) is 12.4. The molecular weight excluding hydrogens is 268 g/mol. The van der Waals surface area contributed by atoms with Gasteiger partial charge in [0.1, 0.15) is 0 Å². The summed E-state index contributed by atoms with van der Waals surface area (Å²) in [5.74, 6) is 0.990. The maximum atomic E-state index is 12.3. The normalized spacial score (nSPS) is 22.6. The van der Waals surface area contributed by atoms with Gasteiger partial charge in [0.15, 0.2) is 0 Å². The van der Waals surface area contributed by atoms with Crippen LogP contribution in [0, 0.1) is 5.92 Å². The Bertz CT molecular complexity index is 459. The molecule has 1 fully saturated rings. The average molecular weight is 292 g/mol. The summed E-state index contributed by atoms with van der Waals surface area (Å²) >= 11 is 1.84. The summed E-state index contributed by atoms with van der Waals surface area (Å²) in [6.07, 6.45) is 8.83. The van der Waals surface area contributed by atoms with E-state index in [1.54, 1.807) is 0 Å². The number of piperidine rings is 1. The predicted molar refractivity (Wildman–Crippen MR) is 82.1 cm³/mol. The Morgan fingerprint density at radius 2 is 2.20 bits per heavy atom. The van der Waals surface area contributed by atoms with Gasteiger partial charge in [-0.1, -0.05) is 6.92 Å². The fraction of sp³-hybridized carbons (Fsp3) is 0.750. The van der Waals surface area contributed by atoms with Crippen molar-refractivity contribution in [2.45, 2.75) is 58.3 Å². The van der Waals surface area contributed by atoms with Gasteiger partial charge in [-0.2, -0.15) is 0 Å². The SMILES string of the molecule is CC1CCCN(C(=O)CCc2nc3c(s2)CCCC3)C1. The van der Waals surface area contributed by atoms with Crippen LogP contribution in [-0.2, 0) is 24.1 Å². The Morgan fingerprint density at radius 1 is 1.35 bits per heavy atom. The minimum Gasteiger partial charge on any atom is -0.342 e. The third-order valence-electron chi connectivity index (χ3n) is 4.45. The molecule has 2 aliphatic rings. The number of amides is 1. The minimum atomic E-state index is 0.324. The van der Waals surface area contributed by atoms with Crippen LogP contribution in [0.3, 0.4) is 0 Å². The van der Waals surface area contributed by atoms with E-state index in [0.29, 0.717) is 18.2 Å². The summed E-state index contributed by atoms with van der Waals surface area (Å²) in [7, 11) is 0. The second-order valence-electron chi connectivity index (χ2n) is 6.27. The van der Waals surface area contributed by atoms with E-state index in [0.717, 1.165) is 25.9 Å². The quantitative estimate of drug-likeness (QED) is 0.857. The van der Waals surface area contributed by atoms with Crippen LogP contribution in [0.1, 0.15) is 54.6 Å². The van der Waals surface area contributed by atoms with Gasteiger partial charge in [-0.3, -0.25) is 4.79 Å². The molecule has 0 spiro atoms. The van der Waals surface area contributed by atoms with Gasteiger partial charge < -0.3 is 4.90 Å². The first kappa shape index (κ1) is 14.1. The molecule has 1 unspecified atom stereocenters. The molecule has 1 atom stereocenters. The Morgan fingerprint density at radius 3 is 3.00 bits per heavy atom. The predicted octanol–water partition coefficient (Wildman–Crippen LogP) is 3.21. The zero-order valence-corrected chi connectivity index (χ0v) is 13.2. The monoisotopic (exact) mass is 292 g/mol. The maximum Gasteiger partial charge on any atom is 0.222 e. The number of likely N-dealkylation sites (tertiary alicyclic amines) is 1. The Balaban J connectivity index is 1.53. The van der Waals surface area contributed by atoms with Crippen LogP contribution >= 0.6 is 11.3 Å². The van der Waals surface area contributed by atoms with Crippen molar-refractivity contribution >= 4 is 17.2 Å². The van der Waals surface area contributed by atoms with Crippen molar-refractivity contribution in [3.8, 4) is 0 Å². The number of hydrogen-bond donors (Lipinski definition) is 0. The number of aromatic nitrogens is 1. The lowest BCUT2D eigenvalue weighted by molar-refractivity contribution is -0.132. The van der Waals surface area contributed by atoms with Gasteiger partial charge in [-0.15, -0.1) is 11.3 Å². The van der Waals surface area contributed by atoms with Gasteiger partial charge in [0.2, 0.25) is 5.91 Å². The molecule has 0 N–H and O–H groups in total. The minimum absolute atomic E-state index is 0.324. The van der Waals surface area contributed by atoms with Gasteiger partial charge in [0.25, 0.3) is 0 Å². The smallest absolute Gasteiger partial charge is 0.222 e. The van der Waals surface area contributed by atoms with Gasteiger partial charge in [-0.05, 0) is 44.4 Å². The number of carbonyl (C=O) groups excluding carboxylic acids is 1. The number of carbonyl (C=O) groups is 1. The Hall–Kier alpha value is -0.900. The molecule has 0 radical (unpaired) electrons. The molecule has 0 bridgehead atoms. The average Bonchev–Trinajstić information content (AvgIpc) is 2.87. The molecule has 1 amide bonds. The molecule has 1 aliphatic carbocycles. The van der Waals surface area contributed by atoms with Crippen molar-refractivity contribution in [3.63, 3.8) is 0 Å². The van der Waals surface area contributed by atoms with Gasteiger partial charge in [-0.25, -0.2) is 4.98 Å². The molecule has 1 aliphatic heterocycles. The van der Waals surface area contributed by atoms with Crippen LogP contribution in [0.4, 0.5) is 0 Å². The summed E-state index contributed by atoms with van der Waals surface area (Å²) < 4.78 is 0. The van der Waals surface area contributed by atoms with Crippen LogP contribution in [0.2, 0.25) is 0 Å². The second kappa shape index (κ2) is 6.25. The largest absolute Gasteiger partial charge is 0.342 e. The van der Waals surface area contributed by atoms with E-state index >= 15 is 0 Å². The van der Waals surface area contributed by atoms with E-state index < -0.39 is 0 Å². The lowest BCUT2D eigenvalue weighted by atomic mass is 10.00. The van der Waals surface area contributed by atoms with Crippen LogP contribution in [0.5, 0.6) is 0 Å². The van der Waals surface area contributed by atoms with Crippen molar-refractivity contribution < 1.29 is 4.79 Å². The molecule has 3 nitrogen and oxygen atoms in total. The molecular formula is C16H24N2OS. The molecule has 1 saturated heterocycles. The maximum absolute atomic E-state index is 12.3. The number of fused-ring (bicyclic) bond motifs is 1. The molecule has 110 valence electrons.